The van der Waals surface area contributed by atoms with E-state index >= 15 is 0 Å². The molecule has 0 radical (unpaired) electrons. The van der Waals surface area contributed by atoms with Crippen molar-refractivity contribution in [2.45, 2.75) is 97.7 Å². The van der Waals surface area contributed by atoms with E-state index < -0.39 is 17.6 Å². The Kier molecular flexibility index (Phi) is 6.54. The van der Waals surface area contributed by atoms with Crippen molar-refractivity contribution in [3.8, 4) is 0 Å². The molecule has 11 atom stereocenters. The van der Waals surface area contributed by atoms with Gasteiger partial charge in [-0.05, 0) is 74.7 Å². The predicted octanol–water partition coefficient (Wildman–Crippen LogP) is 4.82. The van der Waals surface area contributed by atoms with Gasteiger partial charge in [-0.3, -0.25) is 14.9 Å². The van der Waals surface area contributed by atoms with Crippen molar-refractivity contribution in [1.29, 1.82) is 0 Å². The van der Waals surface area contributed by atoms with Crippen molar-refractivity contribution < 1.29 is 23.9 Å². The van der Waals surface area contributed by atoms with Gasteiger partial charge in [-0.15, -0.1) is 0 Å². The van der Waals surface area contributed by atoms with E-state index in [1.807, 2.05) is 0 Å². The molecule has 2 amide bonds. The highest BCUT2D eigenvalue weighted by Gasteiger charge is 2.69. The fraction of sp³-hybridized carbons (Fsp3) is 0.903. The molecule has 6 fully saturated rings. The quantitative estimate of drug-likeness (QED) is 0.551. The summed E-state index contributed by atoms with van der Waals surface area (Å²) in [4.78, 5) is 43.3. The zero-order valence-corrected chi connectivity index (χ0v) is 24.1. The zero-order valence-electron chi connectivity index (χ0n) is 24.1. The summed E-state index contributed by atoms with van der Waals surface area (Å²) in [6.07, 6.45) is 7.72. The van der Waals surface area contributed by atoms with E-state index in [0.717, 1.165) is 58.2 Å². The number of hydrogen-bond acceptors (Lipinski definition) is 6. The van der Waals surface area contributed by atoms with Crippen LogP contribution in [0.3, 0.4) is 0 Å². The first-order chi connectivity index (χ1) is 18.0. The number of imide groups is 1. The van der Waals surface area contributed by atoms with Crippen molar-refractivity contribution in [2.75, 3.05) is 26.7 Å². The number of ether oxygens (including phenoxy) is 2. The number of Topliss-reactive ketones (excluding diaryl/α,β-unsaturated/α-hetero) is 1. The largest absolute Gasteiger partial charge is 0.445 e. The Labute approximate surface area is 228 Å². The summed E-state index contributed by atoms with van der Waals surface area (Å²) in [6.45, 7) is 11.7. The monoisotopic (exact) mass is 528 g/mol. The van der Waals surface area contributed by atoms with Gasteiger partial charge in [0.2, 0.25) is 5.91 Å². The van der Waals surface area contributed by atoms with Crippen molar-refractivity contribution >= 4 is 17.8 Å². The second kappa shape index (κ2) is 9.29. The summed E-state index contributed by atoms with van der Waals surface area (Å²) in [7, 11) is 1.79. The molecule has 4 aliphatic carbocycles. The lowest BCUT2D eigenvalue weighted by atomic mass is 9.43. The van der Waals surface area contributed by atoms with Crippen LogP contribution in [0.25, 0.3) is 0 Å². The highest BCUT2D eigenvalue weighted by molar-refractivity contribution is 5.93. The van der Waals surface area contributed by atoms with Gasteiger partial charge >= 0.3 is 6.09 Å². The second-order valence-electron chi connectivity index (χ2n) is 14.6. The maximum Gasteiger partial charge on any atom is 0.414 e. The van der Waals surface area contributed by atoms with Gasteiger partial charge in [0.1, 0.15) is 11.9 Å². The molecule has 0 aromatic rings. The summed E-state index contributed by atoms with van der Waals surface area (Å²) in [5.41, 5.74) is -1.00. The van der Waals surface area contributed by atoms with Gasteiger partial charge in [-0.1, -0.05) is 40.5 Å². The number of piperidine rings is 1. The van der Waals surface area contributed by atoms with E-state index in [4.69, 9.17) is 9.47 Å². The van der Waals surface area contributed by atoms with Crippen molar-refractivity contribution in [1.82, 2.24) is 10.2 Å². The summed E-state index contributed by atoms with van der Waals surface area (Å²) in [6, 6.07) is 0. The summed E-state index contributed by atoms with van der Waals surface area (Å²) in [5, 5.41) is 2.64. The molecular formula is C31H48N2O5. The number of ketones is 1. The molecule has 0 spiro atoms. The lowest BCUT2D eigenvalue weighted by Crippen LogP contribution is -2.63. The Morgan fingerprint density at radius 3 is 2.42 bits per heavy atom. The third-order valence-corrected chi connectivity index (χ3v) is 12.7. The van der Waals surface area contributed by atoms with Gasteiger partial charge in [-0.25, -0.2) is 4.79 Å². The second-order valence-corrected chi connectivity index (χ2v) is 14.6. The van der Waals surface area contributed by atoms with Gasteiger partial charge in [0.25, 0.3) is 0 Å². The average Bonchev–Trinajstić information content (AvgIpc) is 3.28. The smallest absolute Gasteiger partial charge is 0.414 e. The number of amides is 2. The Balaban J connectivity index is 1.33. The molecule has 6 rings (SSSR count). The number of methoxy groups -OCH3 is 1. The van der Waals surface area contributed by atoms with Gasteiger partial charge in [0.15, 0.2) is 0 Å². The number of carbonyl (C=O) groups excluding carboxylic acids is 3. The van der Waals surface area contributed by atoms with Crippen LogP contribution < -0.4 is 5.32 Å². The van der Waals surface area contributed by atoms with E-state index in [-0.39, 0.29) is 40.6 Å². The molecule has 7 heteroatoms. The number of carbonyl (C=O) groups is 3. The Morgan fingerprint density at radius 1 is 1.05 bits per heavy atom. The Bertz CT molecular complexity index is 997. The van der Waals surface area contributed by atoms with E-state index in [1.165, 1.54) is 12.8 Å². The first kappa shape index (κ1) is 26.7. The van der Waals surface area contributed by atoms with Gasteiger partial charge in [-0.2, -0.15) is 0 Å². The van der Waals surface area contributed by atoms with Crippen molar-refractivity contribution in [3.63, 3.8) is 0 Å². The maximum absolute atomic E-state index is 14.4. The molecule has 38 heavy (non-hydrogen) atoms. The van der Waals surface area contributed by atoms with E-state index in [0.29, 0.717) is 30.0 Å². The van der Waals surface area contributed by atoms with Gasteiger partial charge in [0.05, 0.1) is 12.0 Å². The first-order valence-electron chi connectivity index (χ1n) is 15.3. The molecule has 4 bridgehead atoms. The van der Waals surface area contributed by atoms with Crippen molar-refractivity contribution in [2.24, 2.45) is 51.8 Å². The lowest BCUT2D eigenvalue weighted by Gasteiger charge is -2.62. The molecule has 4 saturated carbocycles. The minimum Gasteiger partial charge on any atom is -0.445 e. The highest BCUT2D eigenvalue weighted by Crippen LogP contribution is 2.69. The van der Waals surface area contributed by atoms with E-state index in [1.54, 1.807) is 7.11 Å². The van der Waals surface area contributed by atoms with Crippen LogP contribution in [-0.4, -0.2) is 61.6 Å². The highest BCUT2D eigenvalue weighted by atomic mass is 16.6. The van der Waals surface area contributed by atoms with Crippen LogP contribution in [0.15, 0.2) is 0 Å². The van der Waals surface area contributed by atoms with Gasteiger partial charge in [0, 0.05) is 42.9 Å². The Hall–Kier alpha value is -1.47. The van der Waals surface area contributed by atoms with Gasteiger partial charge < -0.3 is 14.4 Å². The summed E-state index contributed by atoms with van der Waals surface area (Å²) >= 11 is 0. The SMILES string of the molecule is CO[C@@H]1CCC23CC[C@@H](C)[C@](C)(C12)[C@H](OC(=O)NC(=O)[C@H]1CN2CC[C@H]1C2)C[C@@](C)(CC1CC1)C(=O)[C@@H]3C. The fourth-order valence-electron chi connectivity index (χ4n) is 10.2. The van der Waals surface area contributed by atoms with Crippen LogP contribution in [0.4, 0.5) is 4.79 Å². The van der Waals surface area contributed by atoms with Crippen LogP contribution in [-0.2, 0) is 19.1 Å². The average molecular weight is 529 g/mol. The third-order valence-electron chi connectivity index (χ3n) is 12.7. The van der Waals surface area contributed by atoms with Crippen LogP contribution in [0.5, 0.6) is 0 Å². The minimum atomic E-state index is -0.635. The third kappa shape index (κ3) is 4.00. The number of alkyl carbamates (subject to hydrolysis) is 1. The zero-order chi connectivity index (χ0) is 27.0. The van der Waals surface area contributed by atoms with Crippen LogP contribution in [0.2, 0.25) is 0 Å². The van der Waals surface area contributed by atoms with E-state index in [2.05, 4.69) is 37.9 Å². The standard InChI is InChI=1S/C31H48N2O5/c1-18-8-11-31-12-9-23(37-5)25(31)30(18,4)24(15-29(3,14-20-6-7-20)26(34)19(31)2)38-28(36)32-27(35)22-17-33-13-10-21(22)16-33/h18-25H,6-17H2,1-5H3,(H,32,35,36)/t18-,19+,21+,22+,23-,24-,25?,29-,30+,31?/m1/s1. The first-order valence-corrected chi connectivity index (χ1v) is 15.3. The van der Waals surface area contributed by atoms with Crippen LogP contribution in [0, 0.1) is 51.8 Å². The Morgan fingerprint density at radius 2 is 1.79 bits per heavy atom. The van der Waals surface area contributed by atoms with Crippen LogP contribution >= 0.6 is 0 Å². The maximum atomic E-state index is 14.4. The number of nitrogens with zero attached hydrogens (tertiary/aromatic N) is 1. The van der Waals surface area contributed by atoms with Crippen LogP contribution in [0.1, 0.15) is 85.5 Å². The van der Waals surface area contributed by atoms with E-state index in [9.17, 15) is 14.4 Å². The molecule has 0 aromatic carbocycles. The number of hydrogen-bond donors (Lipinski definition) is 1. The molecule has 212 valence electrons. The molecule has 2 heterocycles. The predicted molar refractivity (Wildman–Crippen MR) is 143 cm³/mol. The molecule has 7 nitrogen and oxygen atoms in total. The molecule has 2 saturated heterocycles. The number of rotatable bonds is 5. The lowest BCUT2D eigenvalue weighted by molar-refractivity contribution is -0.192. The summed E-state index contributed by atoms with van der Waals surface area (Å²) < 4.78 is 12.5. The molecule has 1 N–H and O–H groups in total. The molecule has 3 unspecified atom stereocenters. The topological polar surface area (TPSA) is 84.9 Å². The molecular weight excluding hydrogens is 480 g/mol. The molecule has 0 aromatic heterocycles. The normalized spacial score (nSPS) is 49.8. The minimum absolute atomic E-state index is 0.0348. The van der Waals surface area contributed by atoms with Crippen molar-refractivity contribution in [3.05, 3.63) is 0 Å². The molecule has 2 aliphatic heterocycles. The number of fused-ring (bicyclic) bond motifs is 2. The molecule has 6 aliphatic rings. The number of nitrogens with one attached hydrogen (secondary N) is 1. The fourth-order valence-corrected chi connectivity index (χ4v) is 10.2. The summed E-state index contributed by atoms with van der Waals surface area (Å²) in [5.74, 6) is 1.35.